The van der Waals surface area contributed by atoms with Gasteiger partial charge in [-0.25, -0.2) is 0 Å². The summed E-state index contributed by atoms with van der Waals surface area (Å²) in [6, 6.07) is 9.88. The van der Waals surface area contributed by atoms with Gasteiger partial charge in [-0.3, -0.25) is 0 Å². The first-order chi connectivity index (χ1) is 10.7. The second-order valence-electron chi connectivity index (χ2n) is 4.86. The summed E-state index contributed by atoms with van der Waals surface area (Å²) in [6.45, 7) is 19.6. The van der Waals surface area contributed by atoms with Crippen molar-refractivity contribution >= 4 is 11.8 Å². The van der Waals surface area contributed by atoms with Gasteiger partial charge in [0, 0.05) is 18.3 Å². The van der Waals surface area contributed by atoms with E-state index in [1.54, 1.807) is 12.3 Å². The average molecular weight is 291 g/mol. The number of nitrogens with zero attached hydrogens (tertiary/aromatic N) is 3. The van der Waals surface area contributed by atoms with Crippen LogP contribution in [-0.4, -0.2) is 6.54 Å². The van der Waals surface area contributed by atoms with Gasteiger partial charge in [0.15, 0.2) is 0 Å². The minimum absolute atomic E-state index is 0.0822. The molecule has 0 aliphatic rings. The molecule has 4 heteroatoms. The Morgan fingerprint density at radius 3 is 2.59 bits per heavy atom. The van der Waals surface area contributed by atoms with Gasteiger partial charge in [-0.1, -0.05) is 6.07 Å². The Labute approximate surface area is 130 Å². The smallest absolute Gasteiger partial charge is 0.467 e. The molecule has 0 fully saturated rings. The molecule has 0 saturated heterocycles. The third-order valence-electron chi connectivity index (χ3n) is 3.44. The molecule has 0 spiro atoms. The van der Waals surface area contributed by atoms with Gasteiger partial charge < -0.3 is 9.32 Å². The van der Waals surface area contributed by atoms with Crippen molar-refractivity contribution < 1.29 is 4.42 Å². The first-order valence-electron chi connectivity index (χ1n) is 7.02. The Morgan fingerprint density at radius 2 is 2.05 bits per heavy atom. The van der Waals surface area contributed by atoms with Crippen LogP contribution in [-0.2, 0) is 6.54 Å². The van der Waals surface area contributed by atoms with E-state index in [2.05, 4.69) is 27.6 Å². The quantitative estimate of drug-likeness (QED) is 0.743. The monoisotopic (exact) mass is 291 g/mol. The number of hydrogen-bond donors (Lipinski definition) is 0. The fourth-order valence-electron chi connectivity index (χ4n) is 2.22. The van der Waals surface area contributed by atoms with E-state index in [9.17, 15) is 0 Å². The third kappa shape index (κ3) is 3.56. The number of aryl methyl sites for hydroxylation is 1. The number of furan rings is 1. The predicted molar refractivity (Wildman–Crippen MR) is 87.8 cm³/mol. The first-order valence-corrected chi connectivity index (χ1v) is 7.02. The molecule has 0 aliphatic heterocycles. The molecule has 0 N–H and O–H groups in total. The predicted octanol–water partition coefficient (Wildman–Crippen LogP) is 4.75. The van der Waals surface area contributed by atoms with E-state index in [4.69, 9.17) is 17.6 Å². The summed E-state index contributed by atoms with van der Waals surface area (Å²) in [6.07, 6.45) is 3.31. The highest BCUT2D eigenvalue weighted by molar-refractivity contribution is 5.63. The zero-order chi connectivity index (χ0) is 15.9. The van der Waals surface area contributed by atoms with E-state index >= 15 is 0 Å². The van der Waals surface area contributed by atoms with Crippen LogP contribution in [0.2, 0.25) is 0 Å². The van der Waals surface area contributed by atoms with Gasteiger partial charge in [0.25, 0.3) is 0 Å². The molecule has 22 heavy (non-hydrogen) atoms. The number of anilines is 1. The van der Waals surface area contributed by atoms with Crippen LogP contribution in [0, 0.1) is 20.1 Å². The van der Waals surface area contributed by atoms with Crippen LogP contribution in [0.3, 0.4) is 0 Å². The molecular weight excluding hydrogens is 274 g/mol. The van der Waals surface area contributed by atoms with E-state index in [1.165, 1.54) is 0 Å². The molecule has 0 bridgehead atoms. The molecular formula is C18H17N3O. The molecule has 0 saturated carbocycles. The van der Waals surface area contributed by atoms with Crippen LogP contribution in [0.4, 0.5) is 5.69 Å². The Balaban J connectivity index is 2.26. The van der Waals surface area contributed by atoms with Crippen molar-refractivity contribution in [2.24, 2.45) is 0 Å². The maximum absolute atomic E-state index is 6.95. The number of rotatable bonds is 5. The fourth-order valence-corrected chi connectivity index (χ4v) is 2.22. The zero-order valence-electron chi connectivity index (χ0n) is 12.7. The second kappa shape index (κ2) is 7.15. The maximum atomic E-state index is 6.95. The fraction of sp³-hybridized carbons (Fsp3) is 0.222. The van der Waals surface area contributed by atoms with Gasteiger partial charge in [-0.2, -0.15) is 9.69 Å². The number of benzene rings is 1. The Kier molecular flexibility index (Phi) is 5.01. The molecule has 2 aromatic rings. The lowest BCUT2D eigenvalue weighted by atomic mass is 10.1. The van der Waals surface area contributed by atoms with Crippen molar-refractivity contribution in [2.75, 3.05) is 11.4 Å². The van der Waals surface area contributed by atoms with E-state index in [0.717, 1.165) is 29.1 Å². The van der Waals surface area contributed by atoms with E-state index in [1.807, 2.05) is 31.2 Å². The highest BCUT2D eigenvalue weighted by Crippen LogP contribution is 2.23. The van der Waals surface area contributed by atoms with Crippen LogP contribution in [0.15, 0.2) is 46.8 Å². The standard InChI is InChI=1S/C18H17N3O/c1-5-21(13-17-7-6-10-22-17)16-9-8-15(14(2)11-16)12-18(19-3)20-4/h6-12H,5,13H2,1-2H3. The lowest BCUT2D eigenvalue weighted by Crippen LogP contribution is -2.21. The third-order valence-corrected chi connectivity index (χ3v) is 3.44. The normalized spacial score (nSPS) is 9.64. The molecule has 1 aromatic carbocycles. The molecule has 1 heterocycles. The minimum atomic E-state index is 0.0822. The van der Waals surface area contributed by atoms with Crippen LogP contribution in [0.5, 0.6) is 0 Å². The Hall–Kier alpha value is -2.98. The first kappa shape index (κ1) is 15.4. The van der Waals surface area contributed by atoms with E-state index in [0.29, 0.717) is 6.54 Å². The van der Waals surface area contributed by atoms with Gasteiger partial charge in [-0.15, -0.1) is 0 Å². The molecule has 0 amide bonds. The molecule has 4 nitrogen and oxygen atoms in total. The summed E-state index contributed by atoms with van der Waals surface area (Å²) in [5.74, 6) is 1.01. The van der Waals surface area contributed by atoms with Crippen LogP contribution in [0.25, 0.3) is 15.8 Å². The highest BCUT2D eigenvalue weighted by Gasteiger charge is 2.10. The van der Waals surface area contributed by atoms with Crippen molar-refractivity contribution in [3.8, 4) is 0 Å². The van der Waals surface area contributed by atoms with Gasteiger partial charge >= 0.3 is 5.82 Å². The van der Waals surface area contributed by atoms with Crippen LogP contribution < -0.4 is 4.90 Å². The van der Waals surface area contributed by atoms with E-state index in [-0.39, 0.29) is 5.82 Å². The molecule has 1 aromatic heterocycles. The maximum Gasteiger partial charge on any atom is 0.519 e. The topological polar surface area (TPSA) is 25.1 Å². The summed E-state index contributed by atoms with van der Waals surface area (Å²) in [5.41, 5.74) is 3.04. The molecule has 0 atom stereocenters. The number of hydrogen-bond acceptors (Lipinski definition) is 2. The Morgan fingerprint density at radius 1 is 1.27 bits per heavy atom. The molecule has 0 aliphatic carbocycles. The minimum Gasteiger partial charge on any atom is -0.467 e. The van der Waals surface area contributed by atoms with Crippen molar-refractivity contribution in [3.63, 3.8) is 0 Å². The molecule has 0 unspecified atom stereocenters. The van der Waals surface area contributed by atoms with Crippen LogP contribution in [0.1, 0.15) is 23.8 Å². The van der Waals surface area contributed by atoms with Crippen LogP contribution >= 0.6 is 0 Å². The van der Waals surface area contributed by atoms with Crippen molar-refractivity contribution in [3.05, 3.63) is 82.1 Å². The van der Waals surface area contributed by atoms with Crippen molar-refractivity contribution in [1.29, 1.82) is 0 Å². The summed E-state index contributed by atoms with van der Waals surface area (Å²) >= 11 is 0. The van der Waals surface area contributed by atoms with Gasteiger partial charge in [0.1, 0.15) is 18.9 Å². The van der Waals surface area contributed by atoms with Gasteiger partial charge in [0.05, 0.1) is 12.8 Å². The van der Waals surface area contributed by atoms with Crippen molar-refractivity contribution in [1.82, 2.24) is 0 Å². The molecule has 2 rings (SSSR count). The van der Waals surface area contributed by atoms with E-state index < -0.39 is 0 Å². The molecule has 110 valence electrons. The highest BCUT2D eigenvalue weighted by atomic mass is 16.3. The lowest BCUT2D eigenvalue weighted by Gasteiger charge is -2.22. The SMILES string of the molecule is [C-]#[N+]C(=Cc1ccc(N(CC)Cc2ccco2)cc1C)[N+]#[C-]. The van der Waals surface area contributed by atoms with Crippen molar-refractivity contribution in [2.45, 2.75) is 20.4 Å². The Bertz CT molecular complexity index is 730. The molecule has 0 radical (unpaired) electrons. The van der Waals surface area contributed by atoms with Gasteiger partial charge in [0.2, 0.25) is 0 Å². The zero-order valence-corrected chi connectivity index (χ0v) is 12.7. The van der Waals surface area contributed by atoms with Gasteiger partial charge in [-0.05, 0) is 49.2 Å². The second-order valence-corrected chi connectivity index (χ2v) is 4.86. The summed E-state index contributed by atoms with van der Waals surface area (Å²) in [4.78, 5) is 8.61. The summed E-state index contributed by atoms with van der Waals surface area (Å²) in [7, 11) is 0. The largest absolute Gasteiger partial charge is 0.519 e. The lowest BCUT2D eigenvalue weighted by molar-refractivity contribution is 0.503. The summed E-state index contributed by atoms with van der Waals surface area (Å²) < 4.78 is 5.41. The summed E-state index contributed by atoms with van der Waals surface area (Å²) in [5, 5.41) is 0. The average Bonchev–Trinajstić information content (AvgIpc) is 3.04.